The van der Waals surface area contributed by atoms with E-state index in [4.69, 9.17) is 14.2 Å². The molecule has 6 nitrogen and oxygen atoms in total. The molecule has 1 spiro atoms. The molecule has 1 N–H and O–H groups in total. The molecule has 0 bridgehead atoms. The van der Waals surface area contributed by atoms with Gasteiger partial charge in [-0.25, -0.2) is 4.79 Å². The van der Waals surface area contributed by atoms with E-state index < -0.39 is 11.4 Å². The summed E-state index contributed by atoms with van der Waals surface area (Å²) in [5.41, 5.74) is -0.535. The molecule has 0 unspecified atom stereocenters. The van der Waals surface area contributed by atoms with Gasteiger partial charge in [0, 0.05) is 19.4 Å². The van der Waals surface area contributed by atoms with E-state index >= 15 is 0 Å². The van der Waals surface area contributed by atoms with Crippen LogP contribution in [0.1, 0.15) is 33.6 Å². The second-order valence-corrected chi connectivity index (χ2v) is 6.07. The Hall–Kier alpha value is -0.850. The number of carbonyl (C=O) groups excluding carboxylic acids is 1. The number of carbonyl (C=O) groups is 1. The van der Waals surface area contributed by atoms with Crippen molar-refractivity contribution in [3.05, 3.63) is 0 Å². The van der Waals surface area contributed by atoms with Crippen molar-refractivity contribution in [2.24, 2.45) is 0 Å². The Labute approximate surface area is 113 Å². The van der Waals surface area contributed by atoms with Crippen LogP contribution in [0.4, 0.5) is 4.79 Å². The summed E-state index contributed by atoms with van der Waals surface area (Å²) in [5, 5.41) is 9.49. The molecule has 2 aliphatic rings. The lowest BCUT2D eigenvalue weighted by atomic mass is 9.96. The number of rotatable bonds is 1. The molecule has 6 heteroatoms. The summed E-state index contributed by atoms with van der Waals surface area (Å²) in [5.74, 6) is -0.619. The van der Waals surface area contributed by atoms with Gasteiger partial charge in [0.05, 0.1) is 25.9 Å². The summed E-state index contributed by atoms with van der Waals surface area (Å²) >= 11 is 0. The van der Waals surface area contributed by atoms with Crippen LogP contribution in [0.25, 0.3) is 0 Å². The number of likely N-dealkylation sites (tertiary alicyclic amines) is 1. The molecule has 19 heavy (non-hydrogen) atoms. The summed E-state index contributed by atoms with van der Waals surface area (Å²) in [6.45, 7) is 6.98. The quantitative estimate of drug-likeness (QED) is 0.775. The molecule has 1 amide bonds. The number of aliphatic hydroxyl groups excluding tert-OH is 1. The van der Waals surface area contributed by atoms with Crippen LogP contribution in [0.2, 0.25) is 0 Å². The molecule has 2 rings (SSSR count). The Balaban J connectivity index is 2.01. The van der Waals surface area contributed by atoms with Gasteiger partial charge in [0.15, 0.2) is 5.79 Å². The van der Waals surface area contributed by atoms with Gasteiger partial charge >= 0.3 is 6.09 Å². The molecule has 2 heterocycles. The van der Waals surface area contributed by atoms with E-state index in [1.807, 2.05) is 20.8 Å². The van der Waals surface area contributed by atoms with Gasteiger partial charge < -0.3 is 24.2 Å². The summed E-state index contributed by atoms with van der Waals surface area (Å²) in [4.78, 5) is 13.7. The fourth-order valence-corrected chi connectivity index (χ4v) is 2.53. The third-order valence-corrected chi connectivity index (χ3v) is 3.37. The van der Waals surface area contributed by atoms with Crippen molar-refractivity contribution in [1.29, 1.82) is 0 Å². The van der Waals surface area contributed by atoms with E-state index in [0.29, 0.717) is 32.6 Å². The number of amides is 1. The van der Waals surface area contributed by atoms with E-state index in [1.54, 1.807) is 4.90 Å². The Morgan fingerprint density at radius 3 is 2.58 bits per heavy atom. The SMILES string of the molecule is CC(C)(C)OC(=O)N1CCC2(C[C@H]1CO)OCCO2. The van der Waals surface area contributed by atoms with Gasteiger partial charge in [-0.2, -0.15) is 0 Å². The minimum absolute atomic E-state index is 0.117. The fourth-order valence-electron chi connectivity index (χ4n) is 2.53. The molecule has 0 aliphatic carbocycles. The standard InChI is InChI=1S/C13H23NO5/c1-12(2,3)19-11(16)14-5-4-13(8-10(14)9-15)17-6-7-18-13/h10,15H,4-9H2,1-3H3/t10-/m0/s1. The van der Waals surface area contributed by atoms with Crippen molar-refractivity contribution in [1.82, 2.24) is 4.90 Å². The maximum Gasteiger partial charge on any atom is 0.410 e. The lowest BCUT2D eigenvalue weighted by molar-refractivity contribution is -0.196. The van der Waals surface area contributed by atoms with Gasteiger partial charge in [0.2, 0.25) is 0 Å². The summed E-state index contributed by atoms with van der Waals surface area (Å²) in [6, 6.07) is -0.318. The predicted octanol–water partition coefficient (Wildman–Crippen LogP) is 1.12. The normalized spacial score (nSPS) is 26.7. The van der Waals surface area contributed by atoms with Gasteiger partial charge in [-0.1, -0.05) is 0 Å². The largest absolute Gasteiger partial charge is 0.444 e. The Morgan fingerprint density at radius 2 is 2.05 bits per heavy atom. The van der Waals surface area contributed by atoms with E-state index in [9.17, 15) is 9.90 Å². The molecule has 2 saturated heterocycles. The van der Waals surface area contributed by atoms with Crippen molar-refractivity contribution in [3.8, 4) is 0 Å². The number of ether oxygens (including phenoxy) is 3. The first kappa shape index (κ1) is 14.6. The Bertz CT molecular complexity index is 332. The number of hydrogen-bond donors (Lipinski definition) is 1. The van der Waals surface area contributed by atoms with Crippen LogP contribution >= 0.6 is 0 Å². The summed E-state index contributed by atoms with van der Waals surface area (Å²) in [6.07, 6.45) is 0.713. The average Bonchev–Trinajstić information content (AvgIpc) is 2.75. The van der Waals surface area contributed by atoms with Gasteiger partial charge in [-0.05, 0) is 20.8 Å². The highest BCUT2D eigenvalue weighted by Gasteiger charge is 2.46. The Kier molecular flexibility index (Phi) is 4.03. The molecule has 0 aromatic rings. The van der Waals surface area contributed by atoms with Gasteiger partial charge in [-0.15, -0.1) is 0 Å². The number of aliphatic hydroxyl groups is 1. The highest BCUT2D eigenvalue weighted by Crippen LogP contribution is 2.35. The van der Waals surface area contributed by atoms with Crippen LogP contribution in [0, 0.1) is 0 Å². The van der Waals surface area contributed by atoms with Crippen molar-refractivity contribution in [2.45, 2.75) is 51.0 Å². The van der Waals surface area contributed by atoms with E-state index in [2.05, 4.69) is 0 Å². The molecule has 2 fully saturated rings. The molecule has 0 saturated carbocycles. The van der Waals surface area contributed by atoms with Crippen LogP contribution in [0.3, 0.4) is 0 Å². The van der Waals surface area contributed by atoms with Crippen LogP contribution in [0.5, 0.6) is 0 Å². The smallest absolute Gasteiger partial charge is 0.410 e. The monoisotopic (exact) mass is 273 g/mol. The Morgan fingerprint density at radius 1 is 1.42 bits per heavy atom. The van der Waals surface area contributed by atoms with E-state index in [1.165, 1.54) is 0 Å². The zero-order valence-electron chi connectivity index (χ0n) is 11.8. The highest BCUT2D eigenvalue weighted by atomic mass is 16.7. The topological polar surface area (TPSA) is 68.2 Å². The van der Waals surface area contributed by atoms with Crippen LogP contribution in [0.15, 0.2) is 0 Å². The lowest BCUT2D eigenvalue weighted by Gasteiger charge is -2.42. The minimum Gasteiger partial charge on any atom is -0.444 e. The predicted molar refractivity (Wildman–Crippen MR) is 67.7 cm³/mol. The molecule has 0 radical (unpaired) electrons. The van der Waals surface area contributed by atoms with Gasteiger partial charge in [-0.3, -0.25) is 0 Å². The molecule has 0 aromatic heterocycles. The van der Waals surface area contributed by atoms with Gasteiger partial charge in [0.25, 0.3) is 0 Å². The van der Waals surface area contributed by atoms with Crippen molar-refractivity contribution < 1.29 is 24.1 Å². The first-order chi connectivity index (χ1) is 8.85. The zero-order chi connectivity index (χ0) is 14.1. The number of nitrogens with zero attached hydrogens (tertiary/aromatic N) is 1. The molecular formula is C13H23NO5. The summed E-state index contributed by atoms with van der Waals surface area (Å²) < 4.78 is 16.6. The number of piperidine rings is 1. The molecule has 2 aliphatic heterocycles. The van der Waals surface area contributed by atoms with Crippen LogP contribution in [-0.4, -0.2) is 59.9 Å². The third-order valence-electron chi connectivity index (χ3n) is 3.37. The van der Waals surface area contributed by atoms with Crippen molar-refractivity contribution in [2.75, 3.05) is 26.4 Å². The van der Waals surface area contributed by atoms with Gasteiger partial charge in [0.1, 0.15) is 5.60 Å². The second-order valence-electron chi connectivity index (χ2n) is 6.07. The fraction of sp³-hybridized carbons (Fsp3) is 0.923. The number of hydrogen-bond acceptors (Lipinski definition) is 5. The maximum absolute atomic E-state index is 12.1. The van der Waals surface area contributed by atoms with E-state index in [-0.39, 0.29) is 18.7 Å². The first-order valence-electron chi connectivity index (χ1n) is 6.74. The van der Waals surface area contributed by atoms with Crippen molar-refractivity contribution >= 4 is 6.09 Å². The zero-order valence-corrected chi connectivity index (χ0v) is 11.8. The highest BCUT2D eigenvalue weighted by molar-refractivity contribution is 5.68. The molecular weight excluding hydrogens is 250 g/mol. The second kappa shape index (κ2) is 5.26. The maximum atomic E-state index is 12.1. The average molecular weight is 273 g/mol. The minimum atomic E-state index is -0.619. The third kappa shape index (κ3) is 3.38. The first-order valence-corrected chi connectivity index (χ1v) is 6.74. The molecule has 0 aromatic carbocycles. The summed E-state index contributed by atoms with van der Waals surface area (Å²) in [7, 11) is 0. The van der Waals surface area contributed by atoms with Crippen LogP contribution < -0.4 is 0 Å². The lowest BCUT2D eigenvalue weighted by Crippen LogP contribution is -2.55. The van der Waals surface area contributed by atoms with Crippen molar-refractivity contribution in [3.63, 3.8) is 0 Å². The molecule has 1 atom stereocenters. The van der Waals surface area contributed by atoms with E-state index in [0.717, 1.165) is 0 Å². The molecule has 110 valence electrons. The van der Waals surface area contributed by atoms with Crippen LogP contribution in [-0.2, 0) is 14.2 Å².